The first-order valence-corrected chi connectivity index (χ1v) is 8.79. The molecule has 1 saturated heterocycles. The molecule has 136 valence electrons. The zero-order valence-corrected chi connectivity index (χ0v) is 14.1. The van der Waals surface area contributed by atoms with Crippen LogP contribution in [-0.2, 0) is 20.9 Å². The number of aromatic nitrogens is 2. The van der Waals surface area contributed by atoms with Crippen LogP contribution in [0.15, 0.2) is 21.9 Å². The fourth-order valence-corrected chi connectivity index (χ4v) is 3.91. The van der Waals surface area contributed by atoms with Gasteiger partial charge in [0, 0.05) is 24.8 Å². The normalized spacial score (nSPS) is 23.0. The molecule has 3 rings (SSSR count). The highest BCUT2D eigenvalue weighted by Crippen LogP contribution is 2.35. The number of piperidine rings is 1. The molecule has 1 saturated carbocycles. The molecule has 1 aromatic rings. The molecule has 8 heteroatoms. The number of amides is 1. The van der Waals surface area contributed by atoms with Crippen LogP contribution in [0.4, 0.5) is 0 Å². The minimum absolute atomic E-state index is 0.168. The molecule has 1 N–H and O–H groups in total. The maximum Gasteiger partial charge on any atom is 0.328 e. The maximum absolute atomic E-state index is 12.5. The second-order valence-corrected chi connectivity index (χ2v) is 6.74. The van der Waals surface area contributed by atoms with Gasteiger partial charge in [-0.15, -0.1) is 0 Å². The van der Waals surface area contributed by atoms with Crippen LogP contribution in [0.5, 0.6) is 0 Å². The second-order valence-electron chi connectivity index (χ2n) is 6.74. The molecule has 0 radical (unpaired) electrons. The highest BCUT2D eigenvalue weighted by atomic mass is 16.5. The summed E-state index contributed by atoms with van der Waals surface area (Å²) >= 11 is 0. The maximum atomic E-state index is 12.5. The van der Waals surface area contributed by atoms with E-state index in [1.54, 1.807) is 0 Å². The van der Waals surface area contributed by atoms with Gasteiger partial charge in [-0.3, -0.25) is 23.9 Å². The molecule has 1 aliphatic carbocycles. The van der Waals surface area contributed by atoms with E-state index in [-0.39, 0.29) is 25.1 Å². The Labute approximate surface area is 144 Å². The van der Waals surface area contributed by atoms with E-state index in [9.17, 15) is 19.2 Å². The summed E-state index contributed by atoms with van der Waals surface area (Å²) in [7, 11) is 0. The van der Waals surface area contributed by atoms with Crippen molar-refractivity contribution >= 4 is 11.9 Å². The fourth-order valence-electron chi connectivity index (χ4n) is 3.91. The molecule has 2 atom stereocenters. The van der Waals surface area contributed by atoms with E-state index in [1.165, 1.54) is 25.5 Å². The van der Waals surface area contributed by atoms with E-state index in [0.29, 0.717) is 5.92 Å². The number of ether oxygens (including phenoxy) is 1. The van der Waals surface area contributed by atoms with E-state index in [4.69, 9.17) is 4.74 Å². The Hall–Kier alpha value is -2.38. The van der Waals surface area contributed by atoms with E-state index in [0.717, 1.165) is 36.4 Å². The van der Waals surface area contributed by atoms with Crippen LogP contribution in [0, 0.1) is 5.92 Å². The Kier molecular flexibility index (Phi) is 5.35. The molecule has 8 nitrogen and oxygen atoms in total. The zero-order valence-electron chi connectivity index (χ0n) is 14.1. The summed E-state index contributed by atoms with van der Waals surface area (Å²) in [5.41, 5.74) is -1.21. The minimum Gasteiger partial charge on any atom is -0.454 e. The van der Waals surface area contributed by atoms with Gasteiger partial charge >= 0.3 is 11.7 Å². The first-order valence-electron chi connectivity index (χ1n) is 8.79. The molecule has 1 amide bonds. The van der Waals surface area contributed by atoms with Crippen molar-refractivity contribution < 1.29 is 14.3 Å². The third-order valence-electron chi connectivity index (χ3n) is 5.12. The topological polar surface area (TPSA) is 101 Å². The highest BCUT2D eigenvalue weighted by molar-refractivity contribution is 5.81. The third kappa shape index (κ3) is 4.18. The van der Waals surface area contributed by atoms with Crippen molar-refractivity contribution in [3.8, 4) is 0 Å². The lowest BCUT2D eigenvalue weighted by molar-refractivity contribution is -0.155. The van der Waals surface area contributed by atoms with Gasteiger partial charge in [0.05, 0.1) is 0 Å². The largest absolute Gasteiger partial charge is 0.454 e. The molecule has 25 heavy (non-hydrogen) atoms. The summed E-state index contributed by atoms with van der Waals surface area (Å²) in [6, 6.07) is 1.42. The third-order valence-corrected chi connectivity index (χ3v) is 5.12. The summed E-state index contributed by atoms with van der Waals surface area (Å²) in [4.78, 5) is 50.8. The number of esters is 1. The van der Waals surface area contributed by atoms with E-state index in [1.807, 2.05) is 4.90 Å². The number of carbonyl (C=O) groups excluding carboxylic acids is 2. The van der Waals surface area contributed by atoms with Crippen molar-refractivity contribution in [3.05, 3.63) is 33.1 Å². The number of aromatic amines is 1. The monoisotopic (exact) mass is 349 g/mol. The number of hydrogen-bond donors (Lipinski definition) is 1. The van der Waals surface area contributed by atoms with E-state index < -0.39 is 17.2 Å². The van der Waals surface area contributed by atoms with Gasteiger partial charge in [0.25, 0.3) is 11.5 Å². The number of nitrogens with one attached hydrogen (secondary N) is 1. The van der Waals surface area contributed by atoms with Crippen molar-refractivity contribution in [2.24, 2.45) is 5.92 Å². The lowest BCUT2D eigenvalue weighted by Gasteiger charge is -2.44. The van der Waals surface area contributed by atoms with Crippen molar-refractivity contribution in [2.75, 3.05) is 13.2 Å². The van der Waals surface area contributed by atoms with Gasteiger partial charge < -0.3 is 9.64 Å². The summed E-state index contributed by atoms with van der Waals surface area (Å²) < 4.78 is 6.08. The van der Waals surface area contributed by atoms with Gasteiger partial charge in [-0.2, -0.15) is 0 Å². The molecule has 2 aliphatic rings. The summed E-state index contributed by atoms with van der Waals surface area (Å²) in [6.07, 6.45) is 7.95. The molecular formula is C17H23N3O5. The van der Waals surface area contributed by atoms with Gasteiger partial charge in [0.15, 0.2) is 6.61 Å². The van der Waals surface area contributed by atoms with Crippen molar-refractivity contribution in [1.82, 2.24) is 14.5 Å². The van der Waals surface area contributed by atoms with E-state index >= 15 is 0 Å². The molecule has 1 aromatic heterocycles. The standard InChI is InChI=1S/C17H23N3O5/c21-14-7-9-19(17(24)18-14)10-16(23)25-11-15(22)20-8-3-5-12-4-1-2-6-13(12)20/h7,9,12-13H,1-6,8,10-11H2,(H,18,21,24)/t12-,13-/m1/s1. The molecule has 0 aromatic carbocycles. The number of hydrogen-bond acceptors (Lipinski definition) is 5. The fraction of sp³-hybridized carbons (Fsp3) is 0.647. The number of H-pyrrole nitrogens is 1. The molecule has 0 bridgehead atoms. The Morgan fingerprint density at radius 1 is 1.16 bits per heavy atom. The Balaban J connectivity index is 1.53. The predicted octanol–water partition coefficient (Wildman–Crippen LogP) is 0.261. The Bertz CT molecular complexity index is 751. The summed E-state index contributed by atoms with van der Waals surface area (Å²) in [5.74, 6) is -0.277. The lowest BCUT2D eigenvalue weighted by Crippen LogP contribution is -2.51. The van der Waals surface area contributed by atoms with Crippen LogP contribution in [0.3, 0.4) is 0 Å². The molecule has 2 fully saturated rings. The first kappa shape index (κ1) is 17.4. The smallest absolute Gasteiger partial charge is 0.328 e. The number of rotatable bonds is 4. The van der Waals surface area contributed by atoms with Crippen molar-refractivity contribution in [3.63, 3.8) is 0 Å². The molecular weight excluding hydrogens is 326 g/mol. The van der Waals surface area contributed by atoms with E-state index in [2.05, 4.69) is 4.98 Å². The first-order chi connectivity index (χ1) is 12.0. The average Bonchev–Trinajstić information content (AvgIpc) is 2.61. The number of likely N-dealkylation sites (tertiary alicyclic amines) is 1. The lowest BCUT2D eigenvalue weighted by atomic mass is 9.78. The van der Waals surface area contributed by atoms with Crippen LogP contribution in [0.2, 0.25) is 0 Å². The number of nitrogens with zero attached hydrogens (tertiary/aromatic N) is 2. The highest BCUT2D eigenvalue weighted by Gasteiger charge is 2.35. The van der Waals surface area contributed by atoms with Gasteiger partial charge in [-0.05, 0) is 31.6 Å². The number of fused-ring (bicyclic) bond motifs is 1. The average molecular weight is 349 g/mol. The van der Waals surface area contributed by atoms with Crippen LogP contribution in [-0.4, -0.2) is 45.5 Å². The molecule has 0 spiro atoms. The molecule has 2 heterocycles. The predicted molar refractivity (Wildman–Crippen MR) is 89.0 cm³/mol. The molecule has 1 aliphatic heterocycles. The van der Waals surface area contributed by atoms with Crippen molar-refractivity contribution in [2.45, 2.75) is 51.1 Å². The Morgan fingerprint density at radius 3 is 2.72 bits per heavy atom. The summed E-state index contributed by atoms with van der Waals surface area (Å²) in [5, 5.41) is 0. The van der Waals surface area contributed by atoms with Crippen molar-refractivity contribution in [1.29, 1.82) is 0 Å². The minimum atomic E-state index is -0.683. The van der Waals surface area contributed by atoms with Gasteiger partial charge in [-0.25, -0.2) is 4.79 Å². The van der Waals surface area contributed by atoms with Crippen LogP contribution in [0.25, 0.3) is 0 Å². The van der Waals surface area contributed by atoms with Gasteiger partial charge in [0.1, 0.15) is 6.54 Å². The van der Waals surface area contributed by atoms with Crippen LogP contribution >= 0.6 is 0 Å². The number of carbonyl (C=O) groups is 2. The Morgan fingerprint density at radius 2 is 1.92 bits per heavy atom. The SMILES string of the molecule is O=C(Cn1ccc(=O)[nH]c1=O)OCC(=O)N1CCC[C@H]2CCCC[C@H]21. The summed E-state index contributed by atoms with van der Waals surface area (Å²) in [6.45, 7) is 0.0754. The second kappa shape index (κ2) is 7.67. The zero-order chi connectivity index (χ0) is 17.8. The van der Waals surface area contributed by atoms with Gasteiger partial charge in [0.2, 0.25) is 0 Å². The van der Waals surface area contributed by atoms with Crippen LogP contribution < -0.4 is 11.2 Å². The van der Waals surface area contributed by atoms with Crippen LogP contribution in [0.1, 0.15) is 38.5 Å². The molecule has 0 unspecified atom stereocenters. The van der Waals surface area contributed by atoms with Gasteiger partial charge in [-0.1, -0.05) is 12.8 Å². The quantitative estimate of drug-likeness (QED) is 0.786.